The summed E-state index contributed by atoms with van der Waals surface area (Å²) >= 11 is 1.21. The largest absolute Gasteiger partial charge is 0.349 e. The van der Waals surface area contributed by atoms with Crippen molar-refractivity contribution in [1.82, 2.24) is 20.5 Å². The van der Waals surface area contributed by atoms with E-state index >= 15 is 0 Å². The minimum absolute atomic E-state index is 0.0786. The van der Waals surface area contributed by atoms with Crippen molar-refractivity contribution < 1.29 is 9.18 Å². The first kappa shape index (κ1) is 19.1. The van der Waals surface area contributed by atoms with Gasteiger partial charge >= 0.3 is 0 Å². The number of rotatable bonds is 7. The van der Waals surface area contributed by atoms with Gasteiger partial charge in [0.15, 0.2) is 5.82 Å². The quantitative estimate of drug-likeness (QED) is 0.601. The molecule has 0 aliphatic carbocycles. The first-order valence-electron chi connectivity index (χ1n) is 8.75. The number of amides is 1. The van der Waals surface area contributed by atoms with Crippen molar-refractivity contribution in [3.8, 4) is 11.4 Å². The molecule has 7 heteroatoms. The summed E-state index contributed by atoms with van der Waals surface area (Å²) in [6.07, 6.45) is 0.989. The summed E-state index contributed by atoms with van der Waals surface area (Å²) in [6.45, 7) is 4.06. The van der Waals surface area contributed by atoms with Gasteiger partial charge in [0.1, 0.15) is 5.82 Å². The van der Waals surface area contributed by atoms with E-state index in [4.69, 9.17) is 0 Å². The highest BCUT2D eigenvalue weighted by atomic mass is 32.2. The minimum Gasteiger partial charge on any atom is -0.349 e. The van der Waals surface area contributed by atoms with Crippen molar-refractivity contribution in [2.75, 3.05) is 5.75 Å². The van der Waals surface area contributed by atoms with Gasteiger partial charge < -0.3 is 5.32 Å². The molecule has 0 bridgehead atoms. The summed E-state index contributed by atoms with van der Waals surface area (Å²) in [7, 11) is 0. The SMILES string of the molecule is CCc1ccc(C(C)NC(=O)CSc2n[nH]c(-c3ccccc3F)n2)cc1. The van der Waals surface area contributed by atoms with Crippen LogP contribution in [0.15, 0.2) is 53.7 Å². The predicted octanol–water partition coefficient (Wildman–Crippen LogP) is 4.14. The molecule has 0 fully saturated rings. The van der Waals surface area contributed by atoms with Gasteiger partial charge in [0, 0.05) is 0 Å². The highest BCUT2D eigenvalue weighted by molar-refractivity contribution is 7.99. The zero-order valence-electron chi connectivity index (χ0n) is 15.2. The highest BCUT2D eigenvalue weighted by Crippen LogP contribution is 2.21. The van der Waals surface area contributed by atoms with Gasteiger partial charge in [-0.15, -0.1) is 5.10 Å². The van der Waals surface area contributed by atoms with E-state index in [0.29, 0.717) is 16.5 Å². The molecule has 0 aliphatic rings. The molecule has 1 heterocycles. The van der Waals surface area contributed by atoms with Crippen LogP contribution in [0.3, 0.4) is 0 Å². The van der Waals surface area contributed by atoms with Crippen LogP contribution in [0.25, 0.3) is 11.4 Å². The average molecular weight is 384 g/mol. The molecule has 5 nitrogen and oxygen atoms in total. The first-order chi connectivity index (χ1) is 13.1. The molecule has 1 atom stereocenters. The summed E-state index contributed by atoms with van der Waals surface area (Å²) in [5.41, 5.74) is 2.68. The van der Waals surface area contributed by atoms with Crippen molar-refractivity contribution >= 4 is 17.7 Å². The number of carbonyl (C=O) groups is 1. The molecular weight excluding hydrogens is 363 g/mol. The summed E-state index contributed by atoms with van der Waals surface area (Å²) in [5.74, 6) is 0.0573. The smallest absolute Gasteiger partial charge is 0.230 e. The fourth-order valence-corrected chi connectivity index (χ4v) is 3.23. The molecule has 1 amide bonds. The van der Waals surface area contributed by atoms with Gasteiger partial charge in [0.05, 0.1) is 17.4 Å². The molecular formula is C20H21FN4OS. The number of aromatic amines is 1. The number of aryl methyl sites for hydroxylation is 1. The Hall–Kier alpha value is -2.67. The second kappa shape index (κ2) is 8.81. The van der Waals surface area contributed by atoms with E-state index in [0.717, 1.165) is 12.0 Å². The number of hydrogen-bond donors (Lipinski definition) is 2. The molecule has 0 saturated heterocycles. The maximum absolute atomic E-state index is 13.8. The molecule has 2 aromatic carbocycles. The van der Waals surface area contributed by atoms with Crippen LogP contribution in [-0.2, 0) is 11.2 Å². The third-order valence-corrected chi connectivity index (χ3v) is 5.04. The minimum atomic E-state index is -0.370. The molecule has 3 aromatic rings. The fourth-order valence-electron chi connectivity index (χ4n) is 2.62. The van der Waals surface area contributed by atoms with Gasteiger partial charge in [-0.3, -0.25) is 9.89 Å². The number of benzene rings is 2. The number of halogens is 1. The van der Waals surface area contributed by atoms with E-state index in [9.17, 15) is 9.18 Å². The third-order valence-electron chi connectivity index (χ3n) is 4.19. The monoisotopic (exact) mass is 384 g/mol. The fraction of sp³-hybridized carbons (Fsp3) is 0.250. The summed E-state index contributed by atoms with van der Waals surface area (Å²) in [4.78, 5) is 16.4. The number of thioether (sulfide) groups is 1. The van der Waals surface area contributed by atoms with Crippen molar-refractivity contribution in [3.63, 3.8) is 0 Å². The van der Waals surface area contributed by atoms with Gasteiger partial charge in [-0.1, -0.05) is 55.1 Å². The molecule has 0 aliphatic heterocycles. The number of aromatic nitrogens is 3. The molecule has 1 unspecified atom stereocenters. The molecule has 27 heavy (non-hydrogen) atoms. The molecule has 140 valence electrons. The van der Waals surface area contributed by atoms with Crippen molar-refractivity contribution in [2.45, 2.75) is 31.5 Å². The number of nitrogens with one attached hydrogen (secondary N) is 2. The second-order valence-corrected chi connectivity index (χ2v) is 7.06. The Labute approximate surface area is 161 Å². The number of hydrogen-bond acceptors (Lipinski definition) is 4. The van der Waals surface area contributed by atoms with E-state index in [1.165, 1.54) is 23.4 Å². The van der Waals surface area contributed by atoms with Gasteiger partial charge in [-0.25, -0.2) is 9.37 Å². The van der Waals surface area contributed by atoms with Gasteiger partial charge in [0.2, 0.25) is 11.1 Å². The summed E-state index contributed by atoms with van der Waals surface area (Å²) < 4.78 is 13.8. The Morgan fingerprint density at radius 1 is 1.22 bits per heavy atom. The number of nitrogens with zero attached hydrogens (tertiary/aromatic N) is 2. The Morgan fingerprint density at radius 3 is 2.67 bits per heavy atom. The highest BCUT2D eigenvalue weighted by Gasteiger charge is 2.13. The molecule has 0 radical (unpaired) electrons. The zero-order valence-corrected chi connectivity index (χ0v) is 16.0. The van der Waals surface area contributed by atoms with Crippen molar-refractivity contribution in [3.05, 3.63) is 65.5 Å². The Morgan fingerprint density at radius 2 is 1.96 bits per heavy atom. The Balaban J connectivity index is 1.54. The van der Waals surface area contributed by atoms with E-state index in [1.54, 1.807) is 18.2 Å². The molecule has 0 saturated carbocycles. The van der Waals surface area contributed by atoms with Crippen LogP contribution in [0.2, 0.25) is 0 Å². The lowest BCUT2D eigenvalue weighted by atomic mass is 10.1. The molecule has 1 aromatic heterocycles. The standard InChI is InChI=1S/C20H21FN4OS/c1-3-14-8-10-15(11-9-14)13(2)22-18(26)12-27-20-23-19(24-25-20)16-6-4-5-7-17(16)21/h4-11,13H,3,12H2,1-2H3,(H,22,26)(H,23,24,25). The maximum atomic E-state index is 13.8. The van der Waals surface area contributed by atoms with Crippen LogP contribution in [0.5, 0.6) is 0 Å². The van der Waals surface area contributed by atoms with E-state index in [1.807, 2.05) is 19.1 Å². The lowest BCUT2D eigenvalue weighted by Crippen LogP contribution is -2.28. The second-order valence-electron chi connectivity index (χ2n) is 6.12. The van der Waals surface area contributed by atoms with Gasteiger partial charge in [-0.05, 0) is 36.6 Å². The predicted molar refractivity (Wildman–Crippen MR) is 105 cm³/mol. The van der Waals surface area contributed by atoms with Crippen molar-refractivity contribution in [1.29, 1.82) is 0 Å². The molecule has 2 N–H and O–H groups in total. The van der Waals surface area contributed by atoms with Gasteiger partial charge in [0.25, 0.3) is 0 Å². The summed E-state index contributed by atoms with van der Waals surface area (Å²) in [6, 6.07) is 14.5. The van der Waals surface area contributed by atoms with Crippen LogP contribution in [0.4, 0.5) is 4.39 Å². The third kappa shape index (κ3) is 4.95. The zero-order chi connectivity index (χ0) is 19.2. The normalized spacial score (nSPS) is 12.0. The lowest BCUT2D eigenvalue weighted by molar-refractivity contribution is -0.119. The van der Waals surface area contributed by atoms with Crippen LogP contribution < -0.4 is 5.32 Å². The van der Waals surface area contributed by atoms with E-state index < -0.39 is 0 Å². The average Bonchev–Trinajstić information content (AvgIpc) is 3.15. The summed E-state index contributed by atoms with van der Waals surface area (Å²) in [5, 5.41) is 10.1. The van der Waals surface area contributed by atoms with Crippen LogP contribution in [0, 0.1) is 5.82 Å². The molecule has 3 rings (SSSR count). The number of carbonyl (C=O) groups excluding carboxylic acids is 1. The topological polar surface area (TPSA) is 70.7 Å². The molecule has 0 spiro atoms. The maximum Gasteiger partial charge on any atom is 0.230 e. The number of H-pyrrole nitrogens is 1. The van der Waals surface area contributed by atoms with Crippen molar-refractivity contribution in [2.24, 2.45) is 0 Å². The van der Waals surface area contributed by atoms with Gasteiger partial charge in [-0.2, -0.15) is 0 Å². The lowest BCUT2D eigenvalue weighted by Gasteiger charge is -2.14. The van der Waals surface area contributed by atoms with Crippen LogP contribution in [0.1, 0.15) is 31.0 Å². The van der Waals surface area contributed by atoms with E-state index in [-0.39, 0.29) is 23.5 Å². The van der Waals surface area contributed by atoms with Crippen LogP contribution in [-0.4, -0.2) is 26.8 Å². The Bertz CT molecular complexity index is 910. The first-order valence-corrected chi connectivity index (χ1v) is 9.73. The van der Waals surface area contributed by atoms with Crippen LogP contribution >= 0.6 is 11.8 Å². The Kier molecular flexibility index (Phi) is 6.24. The van der Waals surface area contributed by atoms with E-state index in [2.05, 4.69) is 39.6 Å².